The number of aryl methyl sites for hydroxylation is 1. The molecule has 0 aliphatic carbocycles. The highest BCUT2D eigenvalue weighted by atomic mass is 16.5. The number of nitrogens with one attached hydrogen (secondary N) is 1. The van der Waals surface area contributed by atoms with Crippen LogP contribution in [0.3, 0.4) is 0 Å². The first-order valence-electron chi connectivity index (χ1n) is 9.93. The lowest BCUT2D eigenvalue weighted by molar-refractivity contribution is 0.0584. The molecule has 5 rings (SSSR count). The van der Waals surface area contributed by atoms with Crippen molar-refractivity contribution in [2.24, 2.45) is 0 Å². The maximum absolute atomic E-state index is 6.22. The molecule has 0 saturated carbocycles. The van der Waals surface area contributed by atoms with Crippen molar-refractivity contribution in [2.75, 3.05) is 11.9 Å². The zero-order chi connectivity index (χ0) is 20.3. The Balaban J connectivity index is 1.35. The van der Waals surface area contributed by atoms with Gasteiger partial charge in [-0.1, -0.05) is 30.3 Å². The van der Waals surface area contributed by atoms with E-state index in [1.807, 2.05) is 72.3 Å². The van der Waals surface area contributed by atoms with Crippen LogP contribution < -0.4 is 10.1 Å². The minimum atomic E-state index is -0.173. The first kappa shape index (κ1) is 18.4. The topological polar surface area (TPSA) is 61.2 Å². The summed E-state index contributed by atoms with van der Waals surface area (Å²) >= 11 is 0. The number of ether oxygens (including phenoxy) is 2. The largest absolute Gasteiger partial charge is 0.467 e. The summed E-state index contributed by atoms with van der Waals surface area (Å²) in [4.78, 5) is 8.98. The van der Waals surface area contributed by atoms with Crippen molar-refractivity contribution >= 4 is 11.5 Å². The SMILES string of the molecule is Cc1nccn1-c1ccc(Nc2ccc3c(n2)OC(c2ccccc2)COC3)cc1. The third kappa shape index (κ3) is 3.77. The molecular formula is C24H22N4O2. The number of anilines is 2. The lowest BCUT2D eigenvalue weighted by Gasteiger charge is -2.17. The van der Waals surface area contributed by atoms with Crippen LogP contribution in [0.5, 0.6) is 5.88 Å². The van der Waals surface area contributed by atoms with Crippen molar-refractivity contribution in [1.82, 2.24) is 14.5 Å². The molecule has 1 aliphatic heterocycles. The van der Waals surface area contributed by atoms with E-state index >= 15 is 0 Å². The maximum Gasteiger partial charge on any atom is 0.221 e. The number of fused-ring (bicyclic) bond motifs is 1. The molecule has 0 saturated heterocycles. The number of hydrogen-bond donors (Lipinski definition) is 1. The molecule has 3 heterocycles. The van der Waals surface area contributed by atoms with Gasteiger partial charge in [0.2, 0.25) is 5.88 Å². The predicted octanol–water partition coefficient (Wildman–Crippen LogP) is 4.97. The van der Waals surface area contributed by atoms with E-state index in [0.717, 1.165) is 34.1 Å². The van der Waals surface area contributed by atoms with Crippen LogP contribution in [-0.2, 0) is 11.3 Å². The van der Waals surface area contributed by atoms with E-state index in [0.29, 0.717) is 19.1 Å². The Morgan fingerprint density at radius 1 is 1.00 bits per heavy atom. The fraction of sp³-hybridized carbons (Fsp3) is 0.167. The van der Waals surface area contributed by atoms with Crippen LogP contribution in [0.25, 0.3) is 5.69 Å². The highest BCUT2D eigenvalue weighted by Crippen LogP contribution is 2.30. The van der Waals surface area contributed by atoms with Crippen molar-refractivity contribution in [3.8, 4) is 11.6 Å². The molecule has 0 radical (unpaired) electrons. The highest BCUT2D eigenvalue weighted by molar-refractivity contribution is 5.59. The predicted molar refractivity (Wildman–Crippen MR) is 115 cm³/mol. The molecule has 1 aliphatic rings. The average Bonchev–Trinajstić information content (AvgIpc) is 3.09. The van der Waals surface area contributed by atoms with Crippen LogP contribution in [0.2, 0.25) is 0 Å². The van der Waals surface area contributed by atoms with Gasteiger partial charge in [-0.2, -0.15) is 4.98 Å². The molecule has 1 atom stereocenters. The number of imidazole rings is 1. The Morgan fingerprint density at radius 3 is 2.60 bits per heavy atom. The fourth-order valence-electron chi connectivity index (χ4n) is 3.53. The Hall–Kier alpha value is -3.64. The number of pyridine rings is 1. The lowest BCUT2D eigenvalue weighted by atomic mass is 10.1. The second kappa shape index (κ2) is 8.00. The van der Waals surface area contributed by atoms with Crippen molar-refractivity contribution in [1.29, 1.82) is 0 Å². The van der Waals surface area contributed by atoms with Gasteiger partial charge in [0.05, 0.1) is 13.2 Å². The zero-order valence-corrected chi connectivity index (χ0v) is 16.7. The Kier molecular flexibility index (Phi) is 4.91. The van der Waals surface area contributed by atoms with E-state index in [1.54, 1.807) is 6.20 Å². The summed E-state index contributed by atoms with van der Waals surface area (Å²) in [7, 11) is 0. The van der Waals surface area contributed by atoms with Crippen molar-refractivity contribution < 1.29 is 9.47 Å². The van der Waals surface area contributed by atoms with Gasteiger partial charge in [0.1, 0.15) is 17.7 Å². The van der Waals surface area contributed by atoms with Crippen LogP contribution in [0.4, 0.5) is 11.5 Å². The van der Waals surface area contributed by atoms with Crippen molar-refractivity contribution in [2.45, 2.75) is 19.6 Å². The highest BCUT2D eigenvalue weighted by Gasteiger charge is 2.21. The average molecular weight is 398 g/mol. The summed E-state index contributed by atoms with van der Waals surface area (Å²) in [6.07, 6.45) is 3.58. The molecule has 6 nitrogen and oxygen atoms in total. The third-order valence-corrected chi connectivity index (χ3v) is 5.13. The molecule has 0 fully saturated rings. The van der Waals surface area contributed by atoms with E-state index in [9.17, 15) is 0 Å². The summed E-state index contributed by atoms with van der Waals surface area (Å²) < 4.78 is 14.1. The van der Waals surface area contributed by atoms with E-state index in [-0.39, 0.29) is 6.10 Å². The van der Waals surface area contributed by atoms with E-state index in [2.05, 4.69) is 22.4 Å². The summed E-state index contributed by atoms with van der Waals surface area (Å²) in [5.74, 6) is 2.29. The van der Waals surface area contributed by atoms with Gasteiger partial charge in [-0.3, -0.25) is 0 Å². The van der Waals surface area contributed by atoms with Gasteiger partial charge >= 0.3 is 0 Å². The van der Waals surface area contributed by atoms with Crippen molar-refractivity contribution in [3.05, 3.63) is 96.1 Å². The molecule has 1 unspecified atom stereocenters. The molecule has 150 valence electrons. The quantitative estimate of drug-likeness (QED) is 0.526. The van der Waals surface area contributed by atoms with Crippen molar-refractivity contribution in [3.63, 3.8) is 0 Å². The Morgan fingerprint density at radius 2 is 1.83 bits per heavy atom. The third-order valence-electron chi connectivity index (χ3n) is 5.13. The first-order chi connectivity index (χ1) is 14.8. The van der Waals surface area contributed by atoms with Crippen LogP contribution in [0.15, 0.2) is 79.1 Å². The standard InChI is InChI=1S/C24H22N4O2/c1-17-25-13-14-28(17)21-10-8-20(9-11-21)26-23-12-7-19-15-29-16-22(30-24(19)27-23)18-5-3-2-4-6-18/h2-14,22H,15-16H2,1H3,(H,26,27). The lowest BCUT2D eigenvalue weighted by Crippen LogP contribution is -2.12. The van der Waals surface area contributed by atoms with E-state index < -0.39 is 0 Å². The Labute approximate surface area is 175 Å². The van der Waals surface area contributed by atoms with Crippen LogP contribution in [0.1, 0.15) is 23.1 Å². The maximum atomic E-state index is 6.22. The van der Waals surface area contributed by atoms with Gasteiger partial charge in [-0.05, 0) is 48.9 Å². The smallest absolute Gasteiger partial charge is 0.221 e. The van der Waals surface area contributed by atoms with Crippen LogP contribution in [0, 0.1) is 6.92 Å². The second-order valence-electron chi connectivity index (χ2n) is 7.21. The molecule has 6 heteroatoms. The minimum absolute atomic E-state index is 0.173. The fourth-order valence-corrected chi connectivity index (χ4v) is 3.53. The van der Waals surface area contributed by atoms with Gasteiger partial charge in [-0.15, -0.1) is 0 Å². The molecule has 0 bridgehead atoms. The van der Waals surface area contributed by atoms with Gasteiger partial charge in [0.15, 0.2) is 0 Å². The van der Waals surface area contributed by atoms with E-state index in [4.69, 9.17) is 14.5 Å². The van der Waals surface area contributed by atoms with Gasteiger partial charge in [0.25, 0.3) is 0 Å². The summed E-state index contributed by atoms with van der Waals surface area (Å²) in [5.41, 5.74) is 4.05. The van der Waals surface area contributed by atoms with E-state index in [1.165, 1.54) is 0 Å². The Bertz CT molecular complexity index is 1140. The molecular weight excluding hydrogens is 376 g/mol. The summed E-state index contributed by atoms with van der Waals surface area (Å²) in [6.45, 7) is 2.97. The molecule has 2 aromatic carbocycles. The normalized spacial score (nSPS) is 15.7. The monoisotopic (exact) mass is 398 g/mol. The molecule has 4 aromatic rings. The number of rotatable bonds is 4. The minimum Gasteiger partial charge on any atom is -0.467 e. The van der Waals surface area contributed by atoms with Crippen LogP contribution in [-0.4, -0.2) is 21.1 Å². The molecule has 0 amide bonds. The first-order valence-corrected chi connectivity index (χ1v) is 9.93. The molecule has 0 spiro atoms. The van der Waals surface area contributed by atoms with Gasteiger partial charge < -0.3 is 19.4 Å². The number of aromatic nitrogens is 3. The van der Waals surface area contributed by atoms with Gasteiger partial charge in [0, 0.05) is 29.3 Å². The van der Waals surface area contributed by atoms with Crippen LogP contribution >= 0.6 is 0 Å². The number of nitrogens with zero attached hydrogens (tertiary/aromatic N) is 3. The zero-order valence-electron chi connectivity index (χ0n) is 16.7. The molecule has 2 aromatic heterocycles. The second-order valence-corrected chi connectivity index (χ2v) is 7.21. The van der Waals surface area contributed by atoms with Gasteiger partial charge in [-0.25, -0.2) is 4.98 Å². The summed E-state index contributed by atoms with van der Waals surface area (Å²) in [6, 6.07) is 22.2. The summed E-state index contributed by atoms with van der Waals surface area (Å²) in [5, 5.41) is 3.36. The molecule has 1 N–H and O–H groups in total. The molecule has 30 heavy (non-hydrogen) atoms. The number of hydrogen-bond acceptors (Lipinski definition) is 5. The number of benzene rings is 2.